The van der Waals surface area contributed by atoms with E-state index < -0.39 is 0 Å². The Labute approximate surface area is 159 Å². The van der Waals surface area contributed by atoms with Crippen LogP contribution in [0.15, 0.2) is 60.7 Å². The van der Waals surface area contributed by atoms with Crippen LogP contribution in [0.2, 0.25) is 0 Å². The number of fused-ring (bicyclic) bond motifs is 2. The number of rotatable bonds is 6. The summed E-state index contributed by atoms with van der Waals surface area (Å²) in [5.41, 5.74) is 3.43. The van der Waals surface area contributed by atoms with Gasteiger partial charge in [0.15, 0.2) is 0 Å². The molecule has 0 spiro atoms. The van der Waals surface area contributed by atoms with E-state index in [1.54, 1.807) is 14.2 Å². The summed E-state index contributed by atoms with van der Waals surface area (Å²) in [6.45, 7) is 3.67. The van der Waals surface area contributed by atoms with Crippen LogP contribution in [-0.2, 0) is 11.3 Å². The van der Waals surface area contributed by atoms with Crippen LogP contribution in [0, 0.1) is 0 Å². The SMILES string of the molecule is COCCn1c(C(C)c2ccc3cc(OC)ccc3c2)nc2ccccc21. The van der Waals surface area contributed by atoms with Gasteiger partial charge < -0.3 is 14.0 Å². The van der Waals surface area contributed by atoms with Crippen LogP contribution in [0.5, 0.6) is 5.75 Å². The van der Waals surface area contributed by atoms with E-state index >= 15 is 0 Å². The fourth-order valence-corrected chi connectivity index (χ4v) is 3.63. The summed E-state index contributed by atoms with van der Waals surface area (Å²) in [5.74, 6) is 2.13. The third-order valence-electron chi connectivity index (χ3n) is 5.16. The van der Waals surface area contributed by atoms with Gasteiger partial charge in [0.05, 0.1) is 24.8 Å². The molecule has 0 fully saturated rings. The molecule has 27 heavy (non-hydrogen) atoms. The normalized spacial score (nSPS) is 12.6. The third kappa shape index (κ3) is 3.28. The predicted octanol–water partition coefficient (Wildman–Crippen LogP) is 5.00. The van der Waals surface area contributed by atoms with E-state index in [1.807, 2.05) is 12.1 Å². The second kappa shape index (κ2) is 7.41. The zero-order valence-corrected chi connectivity index (χ0v) is 16.0. The minimum Gasteiger partial charge on any atom is -0.497 e. The molecule has 4 nitrogen and oxygen atoms in total. The van der Waals surface area contributed by atoms with Gasteiger partial charge in [-0.25, -0.2) is 4.98 Å². The Hall–Kier alpha value is -2.85. The molecule has 0 aliphatic rings. The van der Waals surface area contributed by atoms with Crippen molar-refractivity contribution in [3.8, 4) is 5.75 Å². The molecule has 0 aliphatic carbocycles. The molecule has 3 aromatic carbocycles. The van der Waals surface area contributed by atoms with Gasteiger partial charge in [-0.15, -0.1) is 0 Å². The van der Waals surface area contributed by atoms with Gasteiger partial charge in [0.1, 0.15) is 11.6 Å². The number of aromatic nitrogens is 2. The molecule has 0 radical (unpaired) electrons. The molecule has 0 aliphatic heterocycles. The number of imidazole rings is 1. The first-order valence-corrected chi connectivity index (χ1v) is 9.23. The number of hydrogen-bond donors (Lipinski definition) is 0. The molecular formula is C23H24N2O2. The minimum atomic E-state index is 0.181. The number of ether oxygens (including phenoxy) is 2. The second-order valence-corrected chi connectivity index (χ2v) is 6.80. The maximum Gasteiger partial charge on any atom is 0.119 e. The molecule has 0 amide bonds. The quantitative estimate of drug-likeness (QED) is 0.486. The smallest absolute Gasteiger partial charge is 0.119 e. The minimum absolute atomic E-state index is 0.181. The average molecular weight is 360 g/mol. The molecule has 1 aromatic heterocycles. The van der Waals surface area contributed by atoms with Gasteiger partial charge in [-0.05, 0) is 40.6 Å². The molecule has 4 aromatic rings. The summed E-state index contributed by atoms with van der Waals surface area (Å²) in [6, 6.07) is 21.1. The van der Waals surface area contributed by atoms with Crippen molar-refractivity contribution in [3.05, 3.63) is 72.1 Å². The van der Waals surface area contributed by atoms with Crippen LogP contribution in [0.3, 0.4) is 0 Å². The molecule has 0 saturated carbocycles. The Balaban J connectivity index is 1.77. The molecule has 0 saturated heterocycles. The van der Waals surface area contributed by atoms with Crippen LogP contribution in [0.1, 0.15) is 24.2 Å². The monoisotopic (exact) mass is 360 g/mol. The number of benzene rings is 3. The van der Waals surface area contributed by atoms with E-state index in [0.29, 0.717) is 6.61 Å². The van der Waals surface area contributed by atoms with Crippen molar-refractivity contribution < 1.29 is 9.47 Å². The Kier molecular flexibility index (Phi) is 4.82. The number of hydrogen-bond acceptors (Lipinski definition) is 3. The van der Waals surface area contributed by atoms with Gasteiger partial charge in [-0.1, -0.05) is 43.3 Å². The topological polar surface area (TPSA) is 36.3 Å². The van der Waals surface area contributed by atoms with Crippen LogP contribution >= 0.6 is 0 Å². The molecule has 4 rings (SSSR count). The van der Waals surface area contributed by atoms with Gasteiger partial charge >= 0.3 is 0 Å². The van der Waals surface area contributed by atoms with Crippen molar-refractivity contribution in [3.63, 3.8) is 0 Å². The molecule has 0 N–H and O–H groups in total. The summed E-state index contributed by atoms with van der Waals surface area (Å²) in [6.07, 6.45) is 0. The van der Waals surface area contributed by atoms with Gasteiger partial charge in [-0.3, -0.25) is 0 Å². The third-order valence-corrected chi connectivity index (χ3v) is 5.16. The maximum absolute atomic E-state index is 5.33. The Bertz CT molecular complexity index is 1080. The highest BCUT2D eigenvalue weighted by Crippen LogP contribution is 2.30. The molecule has 1 atom stereocenters. The summed E-state index contributed by atoms with van der Waals surface area (Å²) in [4.78, 5) is 4.94. The zero-order valence-electron chi connectivity index (χ0n) is 16.0. The van der Waals surface area contributed by atoms with Crippen molar-refractivity contribution >= 4 is 21.8 Å². The first-order valence-electron chi connectivity index (χ1n) is 9.23. The zero-order chi connectivity index (χ0) is 18.8. The molecule has 1 heterocycles. The summed E-state index contributed by atoms with van der Waals surface area (Å²) >= 11 is 0. The molecule has 138 valence electrons. The largest absolute Gasteiger partial charge is 0.497 e. The number of para-hydroxylation sites is 2. The summed E-state index contributed by atoms with van der Waals surface area (Å²) < 4.78 is 12.9. The van der Waals surface area contributed by atoms with E-state index in [-0.39, 0.29) is 5.92 Å². The van der Waals surface area contributed by atoms with E-state index in [4.69, 9.17) is 14.5 Å². The molecule has 4 heteroatoms. The van der Waals surface area contributed by atoms with Crippen LogP contribution < -0.4 is 4.74 Å². The number of nitrogens with zero attached hydrogens (tertiary/aromatic N) is 2. The summed E-state index contributed by atoms with van der Waals surface area (Å²) in [7, 11) is 3.43. The highest BCUT2D eigenvalue weighted by atomic mass is 16.5. The predicted molar refractivity (Wildman–Crippen MR) is 110 cm³/mol. The van der Waals surface area contributed by atoms with E-state index in [9.17, 15) is 0 Å². The molecule has 1 unspecified atom stereocenters. The van der Waals surface area contributed by atoms with Crippen molar-refractivity contribution in [2.45, 2.75) is 19.4 Å². The van der Waals surface area contributed by atoms with Crippen LogP contribution in [-0.4, -0.2) is 30.4 Å². The van der Waals surface area contributed by atoms with Gasteiger partial charge in [0.25, 0.3) is 0 Å². The Morgan fingerprint density at radius 1 is 0.963 bits per heavy atom. The van der Waals surface area contributed by atoms with Crippen molar-refractivity contribution in [1.82, 2.24) is 9.55 Å². The molecule has 0 bridgehead atoms. The lowest BCUT2D eigenvalue weighted by atomic mass is 9.97. The van der Waals surface area contributed by atoms with Crippen molar-refractivity contribution in [2.24, 2.45) is 0 Å². The standard InChI is InChI=1S/C23H24N2O2/c1-16(17-8-9-19-15-20(27-3)11-10-18(19)14-17)23-24-21-6-4-5-7-22(21)25(23)12-13-26-2/h4-11,14-16H,12-13H2,1-3H3. The van der Waals surface area contributed by atoms with Crippen molar-refractivity contribution in [1.29, 1.82) is 0 Å². The first-order chi connectivity index (χ1) is 13.2. The van der Waals surface area contributed by atoms with Crippen LogP contribution in [0.25, 0.3) is 21.8 Å². The second-order valence-electron chi connectivity index (χ2n) is 6.80. The molecular weight excluding hydrogens is 336 g/mol. The van der Waals surface area contributed by atoms with Crippen molar-refractivity contribution in [2.75, 3.05) is 20.8 Å². The maximum atomic E-state index is 5.33. The fourth-order valence-electron chi connectivity index (χ4n) is 3.63. The Morgan fingerprint density at radius 2 is 1.74 bits per heavy atom. The number of methoxy groups -OCH3 is 2. The lowest BCUT2D eigenvalue weighted by Crippen LogP contribution is -2.11. The fraction of sp³-hybridized carbons (Fsp3) is 0.261. The first kappa shape index (κ1) is 17.6. The highest BCUT2D eigenvalue weighted by molar-refractivity contribution is 5.85. The van der Waals surface area contributed by atoms with E-state index in [2.05, 4.69) is 60.0 Å². The lowest BCUT2D eigenvalue weighted by Gasteiger charge is -2.16. The van der Waals surface area contributed by atoms with Gasteiger partial charge in [0, 0.05) is 19.6 Å². The highest BCUT2D eigenvalue weighted by Gasteiger charge is 2.18. The van der Waals surface area contributed by atoms with E-state index in [0.717, 1.165) is 29.2 Å². The Morgan fingerprint density at radius 3 is 2.56 bits per heavy atom. The lowest BCUT2D eigenvalue weighted by molar-refractivity contribution is 0.187. The van der Waals surface area contributed by atoms with Gasteiger partial charge in [-0.2, -0.15) is 0 Å². The average Bonchev–Trinajstić information content (AvgIpc) is 3.09. The summed E-state index contributed by atoms with van der Waals surface area (Å²) in [5, 5.41) is 2.39. The van der Waals surface area contributed by atoms with Crippen LogP contribution in [0.4, 0.5) is 0 Å². The van der Waals surface area contributed by atoms with Gasteiger partial charge in [0.2, 0.25) is 0 Å². The van der Waals surface area contributed by atoms with E-state index in [1.165, 1.54) is 16.3 Å².